The number of carbonyl (C=O) groups is 1. The van der Waals surface area contributed by atoms with Gasteiger partial charge in [-0.05, 0) is 36.5 Å². The van der Waals surface area contributed by atoms with Crippen molar-refractivity contribution < 1.29 is 23.1 Å². The van der Waals surface area contributed by atoms with E-state index in [1.54, 1.807) is 18.2 Å². The standard InChI is InChI=1S/C22H26Cl2N4O5S/c1-13-6-7-27(10-14(13)2)34(31,32)28-11-16(12-29)33-22-19(28)8-15(9-25-22)26-21(30)20-17(23)4-3-5-18(20)24/h3-5,8-9,13-14,16,29H,6-7,10-12H2,1-2H3,(H,26,30)/t13-,14-,16-/m1/s1. The third kappa shape index (κ3) is 4.83. The van der Waals surface area contributed by atoms with Gasteiger partial charge in [-0.25, -0.2) is 9.29 Å². The molecule has 0 radical (unpaired) electrons. The van der Waals surface area contributed by atoms with Gasteiger partial charge in [0.25, 0.3) is 5.91 Å². The van der Waals surface area contributed by atoms with Crippen molar-refractivity contribution in [2.75, 3.05) is 35.9 Å². The molecule has 0 spiro atoms. The minimum Gasteiger partial charge on any atom is -0.468 e. The predicted molar refractivity (Wildman–Crippen MR) is 131 cm³/mol. The number of benzene rings is 1. The first-order chi connectivity index (χ1) is 16.1. The lowest BCUT2D eigenvalue weighted by molar-refractivity contribution is 0.102. The molecule has 3 heterocycles. The minimum atomic E-state index is -3.93. The van der Waals surface area contributed by atoms with E-state index >= 15 is 0 Å². The quantitative estimate of drug-likeness (QED) is 0.614. The fourth-order valence-corrected chi connectivity index (χ4v) is 6.39. The number of ether oxygens (including phenoxy) is 1. The van der Waals surface area contributed by atoms with E-state index in [-0.39, 0.29) is 51.9 Å². The van der Waals surface area contributed by atoms with Gasteiger partial charge >= 0.3 is 10.2 Å². The number of pyridine rings is 1. The van der Waals surface area contributed by atoms with Crippen LogP contribution in [-0.2, 0) is 10.2 Å². The number of nitrogens with one attached hydrogen (secondary N) is 1. The van der Waals surface area contributed by atoms with Gasteiger partial charge in [0.05, 0.1) is 40.6 Å². The Labute approximate surface area is 208 Å². The Morgan fingerprint density at radius 2 is 1.94 bits per heavy atom. The van der Waals surface area contributed by atoms with Crippen LogP contribution >= 0.6 is 23.2 Å². The number of aliphatic hydroxyl groups is 1. The summed E-state index contributed by atoms with van der Waals surface area (Å²) < 4.78 is 35.6. The second-order valence-electron chi connectivity index (χ2n) is 8.66. The Bertz CT molecular complexity index is 1180. The third-order valence-electron chi connectivity index (χ3n) is 6.30. The largest absolute Gasteiger partial charge is 0.468 e. The van der Waals surface area contributed by atoms with Crippen molar-refractivity contribution >= 4 is 50.7 Å². The van der Waals surface area contributed by atoms with E-state index in [9.17, 15) is 18.3 Å². The number of hydrogen-bond donors (Lipinski definition) is 2. The van der Waals surface area contributed by atoms with E-state index in [1.807, 2.05) is 6.92 Å². The Morgan fingerprint density at radius 1 is 1.24 bits per heavy atom. The van der Waals surface area contributed by atoms with Crippen LogP contribution in [-0.4, -0.2) is 61.1 Å². The summed E-state index contributed by atoms with van der Waals surface area (Å²) in [5, 5.41) is 12.7. The van der Waals surface area contributed by atoms with Gasteiger partial charge in [0.2, 0.25) is 5.88 Å². The Kier molecular flexibility index (Phi) is 7.25. The summed E-state index contributed by atoms with van der Waals surface area (Å²) in [4.78, 5) is 17.0. The lowest BCUT2D eigenvalue weighted by Crippen LogP contribution is -2.53. The van der Waals surface area contributed by atoms with Crippen LogP contribution in [0.3, 0.4) is 0 Å². The number of aliphatic hydroxyl groups excluding tert-OH is 1. The first-order valence-electron chi connectivity index (χ1n) is 10.9. The second-order valence-corrected chi connectivity index (χ2v) is 11.3. The van der Waals surface area contributed by atoms with Gasteiger partial charge in [-0.15, -0.1) is 0 Å². The molecule has 1 aromatic carbocycles. The molecule has 2 aromatic rings. The molecular formula is C22H26Cl2N4O5S. The number of rotatable bonds is 5. The predicted octanol–water partition coefficient (Wildman–Crippen LogP) is 3.42. The molecule has 2 aliphatic heterocycles. The number of amides is 1. The van der Waals surface area contributed by atoms with Crippen LogP contribution in [0.25, 0.3) is 0 Å². The summed E-state index contributed by atoms with van der Waals surface area (Å²) in [7, 11) is -3.93. The highest BCUT2D eigenvalue weighted by Gasteiger charge is 2.40. The molecule has 1 saturated heterocycles. The fourth-order valence-electron chi connectivity index (χ4n) is 4.05. The zero-order valence-electron chi connectivity index (χ0n) is 18.7. The van der Waals surface area contributed by atoms with Gasteiger partial charge in [0, 0.05) is 13.1 Å². The zero-order valence-corrected chi connectivity index (χ0v) is 21.1. The van der Waals surface area contributed by atoms with Crippen LogP contribution in [0, 0.1) is 11.8 Å². The van der Waals surface area contributed by atoms with Crippen LogP contribution < -0.4 is 14.4 Å². The molecule has 0 unspecified atom stereocenters. The van der Waals surface area contributed by atoms with Gasteiger partial charge in [0.1, 0.15) is 11.8 Å². The SMILES string of the molecule is C[C@@H]1CCN(S(=O)(=O)N2C[C@H](CO)Oc3ncc(NC(=O)c4c(Cl)cccc4Cl)cc32)C[C@H]1C. The van der Waals surface area contributed by atoms with Crippen molar-refractivity contribution in [2.24, 2.45) is 11.8 Å². The van der Waals surface area contributed by atoms with Gasteiger partial charge in [-0.1, -0.05) is 43.1 Å². The van der Waals surface area contributed by atoms with Crippen LogP contribution in [0.15, 0.2) is 30.5 Å². The molecule has 4 rings (SSSR count). The maximum atomic E-state index is 13.6. The van der Waals surface area contributed by atoms with Crippen LogP contribution in [0.4, 0.5) is 11.4 Å². The van der Waals surface area contributed by atoms with Crippen molar-refractivity contribution in [3.05, 3.63) is 46.1 Å². The molecule has 1 amide bonds. The molecule has 3 atom stereocenters. The molecule has 0 aliphatic carbocycles. The maximum absolute atomic E-state index is 13.6. The smallest absolute Gasteiger partial charge is 0.304 e. The first-order valence-corrected chi connectivity index (χ1v) is 13.1. The van der Waals surface area contributed by atoms with E-state index in [4.69, 9.17) is 27.9 Å². The normalized spacial score (nSPS) is 23.2. The van der Waals surface area contributed by atoms with Gasteiger partial charge in [0.15, 0.2) is 0 Å². The number of hydrogen-bond acceptors (Lipinski definition) is 6. The average molecular weight is 529 g/mol. The summed E-state index contributed by atoms with van der Waals surface area (Å²) in [6.45, 7) is 4.50. The number of carbonyl (C=O) groups excluding carboxylic acids is 1. The molecular weight excluding hydrogens is 503 g/mol. The van der Waals surface area contributed by atoms with Crippen molar-refractivity contribution in [3.8, 4) is 5.88 Å². The third-order valence-corrected chi connectivity index (χ3v) is 8.82. The van der Waals surface area contributed by atoms with Crippen molar-refractivity contribution in [3.63, 3.8) is 0 Å². The van der Waals surface area contributed by atoms with Gasteiger partial charge in [-0.2, -0.15) is 12.7 Å². The lowest BCUT2D eigenvalue weighted by atomic mass is 9.90. The first kappa shape index (κ1) is 25.0. The summed E-state index contributed by atoms with van der Waals surface area (Å²) in [6.07, 6.45) is 1.34. The Morgan fingerprint density at radius 3 is 2.59 bits per heavy atom. The van der Waals surface area contributed by atoms with E-state index in [2.05, 4.69) is 17.2 Å². The second kappa shape index (κ2) is 9.87. The number of aromatic nitrogens is 1. The molecule has 9 nitrogen and oxygen atoms in total. The van der Waals surface area contributed by atoms with Crippen molar-refractivity contribution in [1.29, 1.82) is 0 Å². The zero-order chi connectivity index (χ0) is 24.6. The molecule has 12 heteroatoms. The summed E-state index contributed by atoms with van der Waals surface area (Å²) in [5.41, 5.74) is 0.520. The number of piperidine rings is 1. The van der Waals surface area contributed by atoms with E-state index < -0.39 is 22.2 Å². The number of halogens is 2. The Hall–Kier alpha value is -2.11. The van der Waals surface area contributed by atoms with E-state index in [1.165, 1.54) is 20.9 Å². The summed E-state index contributed by atoms with van der Waals surface area (Å²) in [6, 6.07) is 6.20. The molecule has 1 fully saturated rings. The van der Waals surface area contributed by atoms with Crippen molar-refractivity contribution in [2.45, 2.75) is 26.4 Å². The fraction of sp³-hybridized carbons (Fsp3) is 0.455. The van der Waals surface area contributed by atoms with E-state index in [0.717, 1.165) is 6.42 Å². The van der Waals surface area contributed by atoms with Crippen molar-refractivity contribution in [1.82, 2.24) is 9.29 Å². The van der Waals surface area contributed by atoms with Crippen LogP contribution in [0.2, 0.25) is 10.0 Å². The van der Waals surface area contributed by atoms with Gasteiger partial charge < -0.3 is 15.2 Å². The highest BCUT2D eigenvalue weighted by atomic mass is 35.5. The molecule has 2 aliphatic rings. The average Bonchev–Trinajstić information content (AvgIpc) is 2.79. The summed E-state index contributed by atoms with van der Waals surface area (Å²) in [5.74, 6) is 0.132. The minimum absolute atomic E-state index is 0.0566. The van der Waals surface area contributed by atoms with Gasteiger partial charge in [-0.3, -0.25) is 4.79 Å². The highest BCUT2D eigenvalue weighted by molar-refractivity contribution is 7.90. The maximum Gasteiger partial charge on any atom is 0.304 e. The number of nitrogens with zero attached hydrogens (tertiary/aromatic N) is 3. The molecule has 0 saturated carbocycles. The van der Waals surface area contributed by atoms with Crippen LogP contribution in [0.1, 0.15) is 30.6 Å². The lowest BCUT2D eigenvalue weighted by Gasteiger charge is -2.40. The molecule has 184 valence electrons. The molecule has 1 aromatic heterocycles. The highest BCUT2D eigenvalue weighted by Crippen LogP contribution is 2.37. The van der Waals surface area contributed by atoms with Crippen LogP contribution in [0.5, 0.6) is 5.88 Å². The molecule has 0 bridgehead atoms. The monoisotopic (exact) mass is 528 g/mol. The van der Waals surface area contributed by atoms with E-state index in [0.29, 0.717) is 19.0 Å². The number of anilines is 2. The topological polar surface area (TPSA) is 112 Å². The molecule has 34 heavy (non-hydrogen) atoms. The number of fused-ring (bicyclic) bond motifs is 1. The summed E-state index contributed by atoms with van der Waals surface area (Å²) >= 11 is 12.3. The molecule has 2 N–H and O–H groups in total. The Balaban J connectivity index is 1.66.